The minimum atomic E-state index is -0.466. The normalized spacial score (nSPS) is 11.6. The molecule has 1 aromatic heterocycles. The van der Waals surface area contributed by atoms with Gasteiger partial charge in [0.2, 0.25) is 0 Å². The van der Waals surface area contributed by atoms with Gasteiger partial charge in [-0.1, -0.05) is 30.3 Å². The van der Waals surface area contributed by atoms with Gasteiger partial charge in [-0.05, 0) is 30.3 Å². The van der Waals surface area contributed by atoms with Crippen LogP contribution in [0.2, 0.25) is 0 Å². The number of anilines is 1. The van der Waals surface area contributed by atoms with Crippen molar-refractivity contribution in [2.75, 3.05) is 5.73 Å². The van der Waals surface area contributed by atoms with E-state index >= 15 is 0 Å². The highest BCUT2D eigenvalue weighted by atomic mass is 16.6. The molecule has 0 aliphatic heterocycles. The molecule has 0 unspecified atom stereocenters. The number of hydrogen-bond acceptors (Lipinski definition) is 5. The Morgan fingerprint density at radius 2 is 1.75 bits per heavy atom. The van der Waals surface area contributed by atoms with Crippen molar-refractivity contribution < 1.29 is 10.0 Å². The van der Waals surface area contributed by atoms with E-state index in [4.69, 9.17) is 10.7 Å². The molecular weight excluding hydrogens is 356 g/mol. The maximum atomic E-state index is 11.2. The van der Waals surface area contributed by atoms with Gasteiger partial charge in [0.15, 0.2) is 5.88 Å². The summed E-state index contributed by atoms with van der Waals surface area (Å²) in [4.78, 5) is 18.3. The Bertz CT molecular complexity index is 1200. The summed E-state index contributed by atoms with van der Waals surface area (Å²) in [5.74, 6) is -0.103. The van der Waals surface area contributed by atoms with E-state index in [0.717, 1.165) is 5.56 Å². The second-order valence-corrected chi connectivity index (χ2v) is 6.25. The predicted octanol–water partition coefficient (Wildman–Crippen LogP) is 4.53. The van der Waals surface area contributed by atoms with Gasteiger partial charge in [0.25, 0.3) is 5.69 Å². The van der Waals surface area contributed by atoms with E-state index in [0.29, 0.717) is 33.6 Å². The van der Waals surface area contributed by atoms with Crippen LogP contribution in [0.25, 0.3) is 10.9 Å². The van der Waals surface area contributed by atoms with Crippen LogP contribution in [0, 0.1) is 10.1 Å². The van der Waals surface area contributed by atoms with E-state index in [1.54, 1.807) is 30.3 Å². The minimum absolute atomic E-state index is 0.0624. The van der Waals surface area contributed by atoms with Crippen LogP contribution in [0.3, 0.4) is 0 Å². The van der Waals surface area contributed by atoms with Crippen LogP contribution in [0.1, 0.15) is 11.1 Å². The van der Waals surface area contributed by atoms with Crippen molar-refractivity contribution in [2.45, 2.75) is 0 Å². The molecule has 0 bridgehead atoms. The van der Waals surface area contributed by atoms with E-state index in [-0.39, 0.29) is 11.6 Å². The summed E-state index contributed by atoms with van der Waals surface area (Å²) in [6.45, 7) is 0. The molecule has 0 saturated carbocycles. The van der Waals surface area contributed by atoms with Crippen molar-refractivity contribution in [3.8, 4) is 5.88 Å². The van der Waals surface area contributed by atoms with Crippen LogP contribution < -0.4 is 5.73 Å². The van der Waals surface area contributed by atoms with E-state index in [1.165, 1.54) is 12.1 Å². The standard InChI is InChI=1S/C21H16N4O3/c22-14-6-8-15(9-7-14)23-20(13-4-2-1-3-5-13)19-17-12-16(25(27)28)10-11-18(17)24-21(19)26/h1-12,24,26H,22H2. The molecule has 0 radical (unpaired) electrons. The van der Waals surface area contributed by atoms with Gasteiger partial charge in [0, 0.05) is 34.3 Å². The summed E-state index contributed by atoms with van der Waals surface area (Å²) in [5.41, 5.74) is 9.20. The van der Waals surface area contributed by atoms with Crippen LogP contribution in [0.15, 0.2) is 77.8 Å². The molecule has 4 rings (SSSR count). The number of aromatic hydroxyl groups is 1. The third-order valence-corrected chi connectivity index (χ3v) is 4.39. The molecule has 0 spiro atoms. The number of aliphatic imine (C=N–C) groups is 1. The summed E-state index contributed by atoms with van der Waals surface area (Å²) in [7, 11) is 0. The second kappa shape index (κ2) is 6.88. The van der Waals surface area contributed by atoms with Crippen LogP contribution in [0.5, 0.6) is 5.88 Å². The molecule has 7 nitrogen and oxygen atoms in total. The number of nitro benzene ring substituents is 1. The molecule has 0 saturated heterocycles. The molecule has 138 valence electrons. The zero-order valence-electron chi connectivity index (χ0n) is 14.7. The molecule has 0 aliphatic carbocycles. The first-order valence-corrected chi connectivity index (χ1v) is 8.52. The monoisotopic (exact) mass is 372 g/mol. The maximum absolute atomic E-state index is 11.2. The Kier molecular flexibility index (Phi) is 4.25. The number of benzene rings is 3. The first-order valence-electron chi connectivity index (χ1n) is 8.52. The topological polar surface area (TPSA) is 118 Å². The van der Waals surface area contributed by atoms with Crippen LogP contribution in [-0.2, 0) is 0 Å². The molecule has 0 aliphatic rings. The Morgan fingerprint density at radius 1 is 1.04 bits per heavy atom. The quantitative estimate of drug-likeness (QED) is 0.211. The Balaban J connectivity index is 1.99. The number of nitrogens with two attached hydrogens (primary N) is 1. The number of nitrogen functional groups attached to an aromatic ring is 1. The second-order valence-electron chi connectivity index (χ2n) is 6.25. The number of aromatic nitrogens is 1. The van der Waals surface area contributed by atoms with E-state index in [9.17, 15) is 15.2 Å². The fourth-order valence-electron chi connectivity index (χ4n) is 3.06. The summed E-state index contributed by atoms with van der Waals surface area (Å²) < 4.78 is 0. The molecule has 7 heteroatoms. The number of non-ortho nitro benzene ring substituents is 1. The molecule has 1 heterocycles. The van der Waals surface area contributed by atoms with Gasteiger partial charge >= 0.3 is 0 Å². The van der Waals surface area contributed by atoms with Crippen molar-refractivity contribution in [2.24, 2.45) is 4.99 Å². The van der Waals surface area contributed by atoms with Crippen molar-refractivity contribution in [1.29, 1.82) is 0 Å². The van der Waals surface area contributed by atoms with Crippen molar-refractivity contribution >= 4 is 33.7 Å². The summed E-state index contributed by atoms with van der Waals surface area (Å²) in [6, 6.07) is 20.8. The first kappa shape index (κ1) is 17.3. The van der Waals surface area contributed by atoms with Gasteiger partial charge < -0.3 is 15.8 Å². The Morgan fingerprint density at radius 3 is 2.43 bits per heavy atom. The largest absolute Gasteiger partial charge is 0.494 e. The van der Waals surface area contributed by atoms with Crippen molar-refractivity contribution in [3.63, 3.8) is 0 Å². The number of H-pyrrole nitrogens is 1. The fraction of sp³-hybridized carbons (Fsp3) is 0. The Labute approximate surface area is 159 Å². The van der Waals surface area contributed by atoms with Crippen LogP contribution in [0.4, 0.5) is 17.1 Å². The molecule has 0 atom stereocenters. The lowest BCUT2D eigenvalue weighted by Gasteiger charge is -2.08. The third kappa shape index (κ3) is 3.16. The molecule has 0 fully saturated rings. The average molecular weight is 372 g/mol. The number of aromatic amines is 1. The highest BCUT2D eigenvalue weighted by Crippen LogP contribution is 2.33. The van der Waals surface area contributed by atoms with E-state index < -0.39 is 4.92 Å². The minimum Gasteiger partial charge on any atom is -0.494 e. The zero-order chi connectivity index (χ0) is 19.7. The maximum Gasteiger partial charge on any atom is 0.270 e. The molecule has 3 aromatic carbocycles. The number of nitrogens with one attached hydrogen (secondary N) is 1. The van der Waals surface area contributed by atoms with E-state index in [2.05, 4.69) is 4.98 Å². The predicted molar refractivity (Wildman–Crippen MR) is 109 cm³/mol. The summed E-state index contributed by atoms with van der Waals surface area (Å²) >= 11 is 0. The van der Waals surface area contributed by atoms with E-state index in [1.807, 2.05) is 30.3 Å². The van der Waals surface area contributed by atoms with Gasteiger partial charge in [0.05, 0.1) is 21.9 Å². The van der Waals surface area contributed by atoms with Crippen LogP contribution >= 0.6 is 0 Å². The lowest BCUT2D eigenvalue weighted by molar-refractivity contribution is -0.384. The average Bonchev–Trinajstić information content (AvgIpc) is 3.03. The molecular formula is C21H16N4O3. The SMILES string of the molecule is Nc1ccc(N=C(c2ccccc2)c2c(O)[nH]c3ccc([N+](=O)[O-])cc23)cc1. The summed E-state index contributed by atoms with van der Waals surface area (Å²) in [5, 5.41) is 22.3. The lowest BCUT2D eigenvalue weighted by Crippen LogP contribution is -2.03. The fourth-order valence-corrected chi connectivity index (χ4v) is 3.06. The van der Waals surface area contributed by atoms with Gasteiger partial charge in [-0.3, -0.25) is 10.1 Å². The van der Waals surface area contributed by atoms with Gasteiger partial charge in [-0.25, -0.2) is 4.99 Å². The first-order chi connectivity index (χ1) is 13.5. The molecule has 4 aromatic rings. The lowest BCUT2D eigenvalue weighted by atomic mass is 10.0. The smallest absolute Gasteiger partial charge is 0.270 e. The number of nitrogens with zero attached hydrogens (tertiary/aromatic N) is 2. The van der Waals surface area contributed by atoms with Gasteiger partial charge in [-0.2, -0.15) is 0 Å². The highest BCUT2D eigenvalue weighted by molar-refractivity contribution is 6.22. The molecule has 28 heavy (non-hydrogen) atoms. The number of nitro groups is 1. The third-order valence-electron chi connectivity index (χ3n) is 4.39. The molecule has 4 N–H and O–H groups in total. The number of hydrogen-bond donors (Lipinski definition) is 3. The van der Waals surface area contributed by atoms with Gasteiger partial charge in [-0.15, -0.1) is 0 Å². The molecule has 0 amide bonds. The van der Waals surface area contributed by atoms with Crippen molar-refractivity contribution in [1.82, 2.24) is 4.98 Å². The van der Waals surface area contributed by atoms with Gasteiger partial charge in [0.1, 0.15) is 0 Å². The van der Waals surface area contributed by atoms with Crippen molar-refractivity contribution in [3.05, 3.63) is 94.0 Å². The highest BCUT2D eigenvalue weighted by Gasteiger charge is 2.20. The number of rotatable bonds is 4. The van der Waals surface area contributed by atoms with Crippen LogP contribution in [-0.4, -0.2) is 20.7 Å². The zero-order valence-corrected chi connectivity index (χ0v) is 14.7. The number of fused-ring (bicyclic) bond motifs is 1. The Hall–Kier alpha value is -4.13. The summed E-state index contributed by atoms with van der Waals surface area (Å²) in [6.07, 6.45) is 0.